The lowest BCUT2D eigenvalue weighted by molar-refractivity contribution is 0.140. The van der Waals surface area contributed by atoms with Crippen molar-refractivity contribution in [1.29, 1.82) is 0 Å². The van der Waals surface area contributed by atoms with Gasteiger partial charge in [0.15, 0.2) is 5.82 Å². The van der Waals surface area contributed by atoms with Crippen LogP contribution in [0.15, 0.2) is 33.7 Å². The standard InChI is InChI=1S/C15H18N2O2S/c1-10-2-6-12(7-3-10)20-9-14-16-15(19-17-14)8-13(18)11-4-5-11/h2-3,6-7,11,13,18H,4-5,8-9H2,1H3. The van der Waals surface area contributed by atoms with Crippen LogP contribution >= 0.6 is 11.8 Å². The Kier molecular flexibility index (Phi) is 4.08. The zero-order chi connectivity index (χ0) is 13.9. The minimum absolute atomic E-state index is 0.326. The van der Waals surface area contributed by atoms with Gasteiger partial charge in [0.1, 0.15) is 0 Å². The Bertz CT molecular complexity index is 564. The minimum atomic E-state index is -0.326. The quantitative estimate of drug-likeness (QED) is 0.829. The molecule has 0 aliphatic heterocycles. The predicted molar refractivity (Wildman–Crippen MR) is 77.5 cm³/mol. The van der Waals surface area contributed by atoms with Gasteiger partial charge < -0.3 is 9.63 Å². The molecule has 2 aromatic rings. The Morgan fingerprint density at radius 1 is 1.35 bits per heavy atom. The van der Waals surface area contributed by atoms with Gasteiger partial charge in [0.25, 0.3) is 0 Å². The monoisotopic (exact) mass is 290 g/mol. The van der Waals surface area contributed by atoms with E-state index in [1.54, 1.807) is 11.8 Å². The average Bonchev–Trinajstić information content (AvgIpc) is 3.20. The number of aryl methyl sites for hydroxylation is 1. The van der Waals surface area contributed by atoms with E-state index in [0.29, 0.717) is 29.8 Å². The van der Waals surface area contributed by atoms with Gasteiger partial charge in [-0.25, -0.2) is 0 Å². The van der Waals surface area contributed by atoms with Crippen LogP contribution in [0, 0.1) is 12.8 Å². The van der Waals surface area contributed by atoms with E-state index in [2.05, 4.69) is 41.3 Å². The van der Waals surface area contributed by atoms with E-state index in [-0.39, 0.29) is 6.10 Å². The first-order valence-corrected chi connectivity index (χ1v) is 7.88. The van der Waals surface area contributed by atoms with E-state index < -0.39 is 0 Å². The van der Waals surface area contributed by atoms with Gasteiger partial charge in [-0.05, 0) is 37.8 Å². The Hall–Kier alpha value is -1.33. The second-order valence-corrected chi connectivity index (χ2v) is 6.36. The molecule has 1 fully saturated rings. The fourth-order valence-corrected chi connectivity index (χ4v) is 2.78. The van der Waals surface area contributed by atoms with Crippen molar-refractivity contribution in [2.75, 3.05) is 0 Å². The summed E-state index contributed by atoms with van der Waals surface area (Å²) < 4.78 is 5.19. The van der Waals surface area contributed by atoms with Crippen LogP contribution in [0.25, 0.3) is 0 Å². The van der Waals surface area contributed by atoms with Crippen molar-refractivity contribution in [2.45, 2.75) is 42.9 Å². The fourth-order valence-electron chi connectivity index (χ4n) is 2.04. The number of rotatable bonds is 6. The van der Waals surface area contributed by atoms with Gasteiger partial charge in [0.2, 0.25) is 5.89 Å². The number of aromatic nitrogens is 2. The van der Waals surface area contributed by atoms with E-state index in [0.717, 1.165) is 12.8 Å². The summed E-state index contributed by atoms with van der Waals surface area (Å²) in [7, 11) is 0. The normalized spacial score (nSPS) is 16.3. The van der Waals surface area contributed by atoms with Crippen LogP contribution in [0.3, 0.4) is 0 Å². The molecule has 1 aromatic heterocycles. The van der Waals surface area contributed by atoms with E-state index in [9.17, 15) is 5.11 Å². The zero-order valence-electron chi connectivity index (χ0n) is 11.5. The Labute approximate surface area is 122 Å². The molecular formula is C15H18N2O2S. The molecule has 1 heterocycles. The predicted octanol–water partition coefficient (Wildman–Crippen LogP) is 2.98. The summed E-state index contributed by atoms with van der Waals surface area (Å²) in [6, 6.07) is 8.38. The van der Waals surface area contributed by atoms with Gasteiger partial charge in [0.05, 0.1) is 18.3 Å². The van der Waals surface area contributed by atoms with Gasteiger partial charge in [-0.3, -0.25) is 0 Å². The SMILES string of the molecule is Cc1ccc(SCc2noc(CC(O)C3CC3)n2)cc1. The maximum atomic E-state index is 9.85. The number of aliphatic hydroxyl groups excluding tert-OH is 1. The van der Waals surface area contributed by atoms with Crippen molar-refractivity contribution in [3.8, 4) is 0 Å². The lowest BCUT2D eigenvalue weighted by atomic mass is 10.2. The molecule has 1 atom stereocenters. The molecule has 0 saturated heterocycles. The fraction of sp³-hybridized carbons (Fsp3) is 0.467. The molecule has 1 unspecified atom stereocenters. The largest absolute Gasteiger partial charge is 0.392 e. The van der Waals surface area contributed by atoms with Crippen molar-refractivity contribution in [2.24, 2.45) is 5.92 Å². The summed E-state index contributed by atoms with van der Waals surface area (Å²) in [6.45, 7) is 2.07. The third kappa shape index (κ3) is 3.61. The van der Waals surface area contributed by atoms with Crippen LogP contribution in [0.1, 0.15) is 30.1 Å². The number of nitrogens with zero attached hydrogens (tertiary/aromatic N) is 2. The second kappa shape index (κ2) is 5.97. The lowest BCUT2D eigenvalue weighted by Crippen LogP contribution is -2.12. The first-order valence-electron chi connectivity index (χ1n) is 6.90. The average molecular weight is 290 g/mol. The molecule has 20 heavy (non-hydrogen) atoms. The highest BCUT2D eigenvalue weighted by Crippen LogP contribution is 2.33. The van der Waals surface area contributed by atoms with Gasteiger partial charge >= 0.3 is 0 Å². The van der Waals surface area contributed by atoms with Crippen molar-refractivity contribution >= 4 is 11.8 Å². The van der Waals surface area contributed by atoms with Crippen LogP contribution in [0.2, 0.25) is 0 Å². The first-order chi connectivity index (χ1) is 9.70. The molecular weight excluding hydrogens is 272 g/mol. The smallest absolute Gasteiger partial charge is 0.229 e. The van der Waals surface area contributed by atoms with E-state index in [1.165, 1.54) is 10.5 Å². The molecule has 1 N–H and O–H groups in total. The molecule has 4 nitrogen and oxygen atoms in total. The van der Waals surface area contributed by atoms with Crippen molar-refractivity contribution < 1.29 is 9.63 Å². The van der Waals surface area contributed by atoms with Gasteiger partial charge in [-0.1, -0.05) is 22.9 Å². The maximum absolute atomic E-state index is 9.85. The molecule has 1 aromatic carbocycles. The van der Waals surface area contributed by atoms with Crippen LogP contribution in [-0.2, 0) is 12.2 Å². The van der Waals surface area contributed by atoms with Gasteiger partial charge in [-0.2, -0.15) is 4.98 Å². The Balaban J connectivity index is 1.52. The number of aliphatic hydroxyl groups is 1. The van der Waals surface area contributed by atoms with Gasteiger partial charge in [-0.15, -0.1) is 11.8 Å². The summed E-state index contributed by atoms with van der Waals surface area (Å²) in [5.74, 6) is 2.36. The lowest BCUT2D eigenvalue weighted by Gasteiger charge is -2.03. The third-order valence-corrected chi connectivity index (χ3v) is 4.46. The highest BCUT2D eigenvalue weighted by atomic mass is 32.2. The summed E-state index contributed by atoms with van der Waals surface area (Å²) in [5.41, 5.74) is 1.25. The molecule has 1 aliphatic rings. The van der Waals surface area contributed by atoms with E-state index in [4.69, 9.17) is 4.52 Å². The van der Waals surface area contributed by atoms with E-state index >= 15 is 0 Å². The third-order valence-electron chi connectivity index (χ3n) is 3.45. The summed E-state index contributed by atoms with van der Waals surface area (Å²) in [4.78, 5) is 5.53. The van der Waals surface area contributed by atoms with Crippen molar-refractivity contribution in [3.05, 3.63) is 41.5 Å². The van der Waals surface area contributed by atoms with Gasteiger partial charge in [0, 0.05) is 4.90 Å². The van der Waals surface area contributed by atoms with Crippen molar-refractivity contribution in [3.63, 3.8) is 0 Å². The summed E-state index contributed by atoms with van der Waals surface area (Å²) in [6.07, 6.45) is 2.39. The van der Waals surface area contributed by atoms with Crippen molar-refractivity contribution in [1.82, 2.24) is 10.1 Å². The molecule has 0 bridgehead atoms. The molecule has 3 rings (SSSR count). The highest BCUT2D eigenvalue weighted by Gasteiger charge is 2.30. The zero-order valence-corrected chi connectivity index (χ0v) is 12.3. The summed E-state index contributed by atoms with van der Waals surface area (Å²) in [5, 5.41) is 13.8. The number of benzene rings is 1. The van der Waals surface area contributed by atoms with Crippen LogP contribution in [-0.4, -0.2) is 21.4 Å². The molecule has 0 spiro atoms. The molecule has 106 valence electrons. The van der Waals surface area contributed by atoms with Crippen LogP contribution < -0.4 is 0 Å². The second-order valence-electron chi connectivity index (χ2n) is 5.31. The minimum Gasteiger partial charge on any atom is -0.392 e. The van der Waals surface area contributed by atoms with E-state index in [1.807, 2.05) is 0 Å². The molecule has 1 aliphatic carbocycles. The maximum Gasteiger partial charge on any atom is 0.229 e. The van der Waals surface area contributed by atoms with Crippen LogP contribution in [0.4, 0.5) is 0 Å². The topological polar surface area (TPSA) is 59.2 Å². The van der Waals surface area contributed by atoms with Crippen LogP contribution in [0.5, 0.6) is 0 Å². The Morgan fingerprint density at radius 2 is 2.10 bits per heavy atom. The Morgan fingerprint density at radius 3 is 2.80 bits per heavy atom. The first kappa shape index (κ1) is 13.6. The molecule has 0 amide bonds. The number of hydrogen-bond donors (Lipinski definition) is 1. The number of thioether (sulfide) groups is 1. The number of hydrogen-bond acceptors (Lipinski definition) is 5. The molecule has 1 saturated carbocycles. The summed E-state index contributed by atoms with van der Waals surface area (Å²) >= 11 is 1.69. The molecule has 5 heteroatoms. The highest BCUT2D eigenvalue weighted by molar-refractivity contribution is 7.98. The molecule has 0 radical (unpaired) electrons.